The van der Waals surface area contributed by atoms with Crippen LogP contribution >= 0.6 is 0 Å². The minimum atomic E-state index is -3.71. The molecule has 38 heavy (non-hydrogen) atoms. The molecule has 1 heterocycles. The average molecular weight is 527 g/mol. The van der Waals surface area contributed by atoms with Crippen LogP contribution in [0.2, 0.25) is 0 Å². The molecule has 192 valence electrons. The number of carboxylic acid groups (broad SMARTS) is 1. The van der Waals surface area contributed by atoms with Crippen LogP contribution in [0.4, 0.5) is 0 Å². The maximum atomic E-state index is 12.9. The number of carboxylic acids is 1. The number of nitrogens with one attached hydrogen (secondary N) is 1. The van der Waals surface area contributed by atoms with Crippen LogP contribution in [0.5, 0.6) is 5.75 Å². The van der Waals surface area contributed by atoms with Gasteiger partial charge in [-0.2, -0.15) is 0 Å². The maximum absolute atomic E-state index is 12.9. The zero-order chi connectivity index (χ0) is 26.5. The number of para-hydroxylation sites is 1. The molecule has 0 atom stereocenters. The van der Waals surface area contributed by atoms with Gasteiger partial charge in [-0.15, -0.1) is 0 Å². The van der Waals surface area contributed by atoms with Gasteiger partial charge < -0.3 is 9.84 Å². The van der Waals surface area contributed by atoms with Crippen molar-refractivity contribution in [1.82, 2.24) is 9.71 Å². The zero-order valence-corrected chi connectivity index (χ0v) is 21.3. The third-order valence-electron chi connectivity index (χ3n) is 6.22. The molecule has 7 nitrogen and oxygen atoms in total. The van der Waals surface area contributed by atoms with Crippen molar-refractivity contribution in [2.75, 3.05) is 6.54 Å². The Morgan fingerprint density at radius 3 is 2.37 bits per heavy atom. The van der Waals surface area contributed by atoms with Crippen molar-refractivity contribution in [1.29, 1.82) is 0 Å². The normalized spacial score (nSPS) is 11.6. The van der Waals surface area contributed by atoms with Gasteiger partial charge in [0.05, 0.1) is 22.5 Å². The van der Waals surface area contributed by atoms with Crippen molar-refractivity contribution in [3.63, 3.8) is 0 Å². The van der Waals surface area contributed by atoms with E-state index in [0.29, 0.717) is 24.3 Å². The van der Waals surface area contributed by atoms with E-state index >= 15 is 0 Å². The molecule has 5 aromatic rings. The second-order valence-corrected chi connectivity index (χ2v) is 10.8. The van der Waals surface area contributed by atoms with Gasteiger partial charge in [0.2, 0.25) is 10.0 Å². The van der Waals surface area contributed by atoms with E-state index in [1.165, 1.54) is 0 Å². The number of pyridine rings is 1. The van der Waals surface area contributed by atoms with Gasteiger partial charge in [0.1, 0.15) is 12.4 Å². The van der Waals surface area contributed by atoms with Gasteiger partial charge in [-0.05, 0) is 64.7 Å². The van der Waals surface area contributed by atoms with Gasteiger partial charge in [-0.1, -0.05) is 60.7 Å². The lowest BCUT2D eigenvalue weighted by Crippen LogP contribution is -2.26. The molecule has 0 unspecified atom stereocenters. The molecule has 0 aliphatic heterocycles. The Kier molecular flexibility index (Phi) is 7.35. The monoisotopic (exact) mass is 526 g/mol. The van der Waals surface area contributed by atoms with E-state index in [1.807, 2.05) is 66.7 Å². The zero-order valence-electron chi connectivity index (χ0n) is 20.5. The second-order valence-electron chi connectivity index (χ2n) is 8.99. The number of fused-ring (bicyclic) bond motifs is 2. The summed E-state index contributed by atoms with van der Waals surface area (Å²) in [5, 5.41) is 11.6. The second kappa shape index (κ2) is 11.0. The summed E-state index contributed by atoms with van der Waals surface area (Å²) < 4.78 is 34.5. The minimum Gasteiger partial charge on any atom is -0.487 e. The minimum absolute atomic E-state index is 0.0397. The Balaban J connectivity index is 1.23. The summed E-state index contributed by atoms with van der Waals surface area (Å²) in [5.41, 5.74) is 3.34. The number of aromatic nitrogens is 1. The van der Waals surface area contributed by atoms with E-state index < -0.39 is 16.0 Å². The van der Waals surface area contributed by atoms with Crippen LogP contribution in [-0.2, 0) is 34.3 Å². The maximum Gasteiger partial charge on any atom is 0.307 e. The van der Waals surface area contributed by atoms with Crippen LogP contribution in [0.1, 0.15) is 16.8 Å². The standard InChI is InChI=1S/C30H26N2O5S/c33-30(34)17-22-7-5-21(6-8-22)15-16-31-38(35,36)28-14-11-23-10-13-27(18-25(23)19-28)37-20-26-12-9-24-3-1-2-4-29(24)32-26/h1-14,18-19,31H,15-17,20H2,(H,33,34). The smallest absolute Gasteiger partial charge is 0.307 e. The largest absolute Gasteiger partial charge is 0.487 e. The Morgan fingerprint density at radius 1 is 0.816 bits per heavy atom. The van der Waals surface area contributed by atoms with Crippen molar-refractivity contribution in [3.05, 3.63) is 114 Å². The predicted molar refractivity (Wildman–Crippen MR) is 147 cm³/mol. The number of hydrogen-bond donors (Lipinski definition) is 2. The topological polar surface area (TPSA) is 106 Å². The summed E-state index contributed by atoms with van der Waals surface area (Å²) in [4.78, 5) is 15.6. The van der Waals surface area contributed by atoms with Crippen LogP contribution in [0.15, 0.2) is 102 Å². The van der Waals surface area contributed by atoms with E-state index in [4.69, 9.17) is 9.84 Å². The summed E-state index contributed by atoms with van der Waals surface area (Å²) in [6.07, 6.45) is 0.447. The molecule has 0 amide bonds. The molecule has 0 fully saturated rings. The molecule has 0 saturated heterocycles. The lowest BCUT2D eigenvalue weighted by molar-refractivity contribution is -0.136. The molecule has 0 radical (unpaired) electrons. The van der Waals surface area contributed by atoms with E-state index in [1.54, 1.807) is 30.3 Å². The molecule has 0 spiro atoms. The first kappa shape index (κ1) is 25.4. The number of rotatable bonds is 10. The Labute approximate surface area is 220 Å². The Hall–Kier alpha value is -4.27. The van der Waals surface area contributed by atoms with E-state index in [2.05, 4.69) is 9.71 Å². The third-order valence-corrected chi connectivity index (χ3v) is 7.68. The molecule has 0 aliphatic carbocycles. The van der Waals surface area contributed by atoms with Crippen molar-refractivity contribution in [3.8, 4) is 5.75 Å². The summed E-state index contributed by atoms with van der Waals surface area (Å²) in [5.74, 6) is -0.261. The molecular weight excluding hydrogens is 500 g/mol. The average Bonchev–Trinajstić information content (AvgIpc) is 2.92. The fraction of sp³-hybridized carbons (Fsp3) is 0.133. The number of sulfonamides is 1. The lowest BCUT2D eigenvalue weighted by atomic mass is 10.1. The van der Waals surface area contributed by atoms with Crippen molar-refractivity contribution in [2.45, 2.75) is 24.3 Å². The van der Waals surface area contributed by atoms with Crippen LogP contribution in [0, 0.1) is 0 Å². The van der Waals surface area contributed by atoms with Gasteiger partial charge in [0.25, 0.3) is 0 Å². The summed E-state index contributed by atoms with van der Waals surface area (Å²) in [6.45, 7) is 0.522. The van der Waals surface area contributed by atoms with Crippen LogP contribution in [0.25, 0.3) is 21.7 Å². The van der Waals surface area contributed by atoms with Gasteiger partial charge in [0.15, 0.2) is 0 Å². The van der Waals surface area contributed by atoms with Crippen LogP contribution in [-0.4, -0.2) is 31.0 Å². The van der Waals surface area contributed by atoms with E-state index in [9.17, 15) is 13.2 Å². The molecule has 0 saturated carbocycles. The first-order valence-electron chi connectivity index (χ1n) is 12.2. The highest BCUT2D eigenvalue weighted by atomic mass is 32.2. The number of nitrogens with zero attached hydrogens (tertiary/aromatic N) is 1. The van der Waals surface area contributed by atoms with Crippen LogP contribution < -0.4 is 9.46 Å². The molecule has 1 aromatic heterocycles. The Bertz CT molecular complexity index is 1720. The van der Waals surface area contributed by atoms with Crippen LogP contribution in [0.3, 0.4) is 0 Å². The fourth-order valence-electron chi connectivity index (χ4n) is 4.22. The van der Waals surface area contributed by atoms with Gasteiger partial charge in [-0.3, -0.25) is 4.79 Å². The highest BCUT2D eigenvalue weighted by Crippen LogP contribution is 2.25. The molecule has 8 heteroatoms. The van der Waals surface area contributed by atoms with Crippen molar-refractivity contribution >= 4 is 37.7 Å². The number of hydrogen-bond acceptors (Lipinski definition) is 5. The first-order valence-corrected chi connectivity index (χ1v) is 13.6. The predicted octanol–water partition coefficient (Wildman–Crippen LogP) is 5.12. The van der Waals surface area contributed by atoms with Gasteiger partial charge in [-0.25, -0.2) is 18.1 Å². The summed E-state index contributed by atoms with van der Waals surface area (Å²) >= 11 is 0. The first-order chi connectivity index (χ1) is 18.4. The van der Waals surface area contributed by atoms with E-state index in [0.717, 1.165) is 32.9 Å². The number of aliphatic carboxylic acids is 1. The molecule has 0 bridgehead atoms. The lowest BCUT2D eigenvalue weighted by Gasteiger charge is -2.10. The molecule has 2 N–H and O–H groups in total. The third kappa shape index (κ3) is 6.16. The fourth-order valence-corrected chi connectivity index (χ4v) is 5.28. The number of benzene rings is 4. The SMILES string of the molecule is O=C(O)Cc1ccc(CCNS(=O)(=O)c2ccc3ccc(OCc4ccc5ccccc5n4)cc3c2)cc1. The number of carbonyl (C=O) groups is 1. The molecular formula is C30H26N2O5S. The molecule has 4 aromatic carbocycles. The van der Waals surface area contributed by atoms with Gasteiger partial charge in [0, 0.05) is 11.9 Å². The summed E-state index contributed by atoms with van der Waals surface area (Å²) in [6, 6.07) is 29.6. The summed E-state index contributed by atoms with van der Waals surface area (Å²) in [7, 11) is -3.71. The highest BCUT2D eigenvalue weighted by molar-refractivity contribution is 7.89. The Morgan fingerprint density at radius 2 is 1.55 bits per heavy atom. The highest BCUT2D eigenvalue weighted by Gasteiger charge is 2.14. The number of ether oxygens (including phenoxy) is 1. The van der Waals surface area contributed by atoms with Crippen molar-refractivity contribution < 1.29 is 23.1 Å². The van der Waals surface area contributed by atoms with Gasteiger partial charge >= 0.3 is 5.97 Å². The van der Waals surface area contributed by atoms with Crippen molar-refractivity contribution in [2.24, 2.45) is 0 Å². The van der Waals surface area contributed by atoms with E-state index in [-0.39, 0.29) is 17.9 Å². The quantitative estimate of drug-likeness (QED) is 0.262. The molecule has 5 rings (SSSR count). The molecule has 0 aliphatic rings.